The molecule has 1 amide bonds. The third-order valence-electron chi connectivity index (χ3n) is 3.33. The standard InChI is InChI=1S/C18H31NO5/c1-15(2,3)23-13(20)10-11-18(9)12-22-17(7,8)19(18)14(21)24-16(4,5)6/h10-11H,12H2,1-9H3/b11-10+/t18-/m0/s1. The van der Waals surface area contributed by atoms with E-state index in [0.29, 0.717) is 0 Å². The van der Waals surface area contributed by atoms with Crippen LogP contribution < -0.4 is 0 Å². The van der Waals surface area contributed by atoms with Crippen LogP contribution in [-0.2, 0) is 19.0 Å². The molecule has 0 aromatic heterocycles. The predicted octanol–water partition coefficient (Wildman–Crippen LogP) is 3.65. The van der Waals surface area contributed by atoms with E-state index in [0.717, 1.165) is 0 Å². The van der Waals surface area contributed by atoms with Gasteiger partial charge in [0.2, 0.25) is 0 Å². The summed E-state index contributed by atoms with van der Waals surface area (Å²) in [6.07, 6.45) is 2.49. The van der Waals surface area contributed by atoms with Gasteiger partial charge in [0.25, 0.3) is 0 Å². The Kier molecular flexibility index (Phi) is 5.45. The maximum absolute atomic E-state index is 12.6. The van der Waals surface area contributed by atoms with E-state index in [1.165, 1.54) is 11.0 Å². The molecule has 1 fully saturated rings. The first kappa shape index (κ1) is 20.5. The van der Waals surface area contributed by atoms with Crippen molar-refractivity contribution in [3.8, 4) is 0 Å². The second kappa shape index (κ2) is 6.39. The highest BCUT2D eigenvalue weighted by atomic mass is 16.6. The number of ether oxygens (including phenoxy) is 3. The Morgan fingerprint density at radius 1 is 1.00 bits per heavy atom. The van der Waals surface area contributed by atoms with E-state index in [1.54, 1.807) is 40.7 Å². The zero-order chi connectivity index (χ0) is 19.0. The Hall–Kier alpha value is -1.56. The van der Waals surface area contributed by atoms with E-state index in [1.807, 2.05) is 27.7 Å². The fourth-order valence-corrected chi connectivity index (χ4v) is 2.51. The Balaban J connectivity index is 3.01. The van der Waals surface area contributed by atoms with E-state index < -0.39 is 34.5 Å². The second-order valence-electron chi connectivity index (χ2n) is 8.78. The Labute approximate surface area is 145 Å². The number of esters is 1. The van der Waals surface area contributed by atoms with Crippen molar-refractivity contribution in [3.63, 3.8) is 0 Å². The minimum Gasteiger partial charge on any atom is -0.457 e. The molecular weight excluding hydrogens is 310 g/mol. The van der Waals surface area contributed by atoms with Crippen molar-refractivity contribution in [3.05, 3.63) is 12.2 Å². The lowest BCUT2D eigenvalue weighted by atomic mass is 10.0. The van der Waals surface area contributed by atoms with Crippen molar-refractivity contribution < 1.29 is 23.8 Å². The van der Waals surface area contributed by atoms with Gasteiger partial charge in [-0.1, -0.05) is 0 Å². The molecule has 138 valence electrons. The summed E-state index contributed by atoms with van der Waals surface area (Å²) in [7, 11) is 0. The van der Waals surface area contributed by atoms with Gasteiger partial charge in [0, 0.05) is 6.08 Å². The summed E-state index contributed by atoms with van der Waals surface area (Å²) >= 11 is 0. The largest absolute Gasteiger partial charge is 0.457 e. The Morgan fingerprint density at radius 3 is 1.96 bits per heavy atom. The first-order chi connectivity index (χ1) is 10.6. The zero-order valence-corrected chi connectivity index (χ0v) is 16.4. The van der Waals surface area contributed by atoms with E-state index in [4.69, 9.17) is 14.2 Å². The lowest BCUT2D eigenvalue weighted by Crippen LogP contribution is -2.54. The molecule has 0 unspecified atom stereocenters. The van der Waals surface area contributed by atoms with Gasteiger partial charge < -0.3 is 14.2 Å². The van der Waals surface area contributed by atoms with Gasteiger partial charge in [0.15, 0.2) is 0 Å². The number of hydrogen-bond acceptors (Lipinski definition) is 5. The molecule has 0 aromatic rings. The summed E-state index contributed by atoms with van der Waals surface area (Å²) in [6.45, 7) is 16.5. The Morgan fingerprint density at radius 2 is 1.50 bits per heavy atom. The number of nitrogens with zero attached hydrogens (tertiary/aromatic N) is 1. The van der Waals surface area contributed by atoms with Gasteiger partial charge in [-0.15, -0.1) is 0 Å². The number of carbonyl (C=O) groups is 2. The fourth-order valence-electron chi connectivity index (χ4n) is 2.51. The summed E-state index contributed by atoms with van der Waals surface area (Å²) < 4.78 is 16.5. The van der Waals surface area contributed by atoms with Crippen LogP contribution in [0.4, 0.5) is 4.79 Å². The Bertz CT molecular complexity index is 525. The molecule has 1 heterocycles. The number of carbonyl (C=O) groups excluding carboxylic acids is 2. The minimum atomic E-state index is -0.838. The molecule has 6 heteroatoms. The maximum atomic E-state index is 12.6. The summed E-state index contributed by atoms with van der Waals surface area (Å²) in [6, 6.07) is 0. The molecule has 0 aliphatic carbocycles. The van der Waals surface area contributed by atoms with Crippen molar-refractivity contribution in [2.24, 2.45) is 0 Å². The highest BCUT2D eigenvalue weighted by Gasteiger charge is 2.51. The molecule has 0 radical (unpaired) electrons. The van der Waals surface area contributed by atoms with Crippen molar-refractivity contribution in [2.75, 3.05) is 6.61 Å². The average Bonchev–Trinajstić information content (AvgIpc) is 2.54. The zero-order valence-electron chi connectivity index (χ0n) is 16.4. The SMILES string of the molecule is CC(C)(C)OC(=O)/C=C/[C@@]1(C)COC(C)(C)N1C(=O)OC(C)(C)C. The van der Waals surface area contributed by atoms with E-state index in [-0.39, 0.29) is 6.61 Å². The lowest BCUT2D eigenvalue weighted by Gasteiger charge is -2.39. The summed E-state index contributed by atoms with van der Waals surface area (Å²) in [4.78, 5) is 26.1. The van der Waals surface area contributed by atoms with Crippen molar-refractivity contribution in [2.45, 2.75) is 84.8 Å². The van der Waals surface area contributed by atoms with Crippen LogP contribution in [0.15, 0.2) is 12.2 Å². The molecule has 0 bridgehead atoms. The molecule has 0 saturated carbocycles. The van der Waals surface area contributed by atoms with Crippen molar-refractivity contribution >= 4 is 12.1 Å². The highest BCUT2D eigenvalue weighted by molar-refractivity contribution is 5.83. The van der Waals surface area contributed by atoms with Crippen LogP contribution in [-0.4, -0.2) is 46.0 Å². The number of amides is 1. The smallest absolute Gasteiger partial charge is 0.413 e. The molecule has 24 heavy (non-hydrogen) atoms. The number of rotatable bonds is 2. The lowest BCUT2D eigenvalue weighted by molar-refractivity contribution is -0.148. The molecule has 0 aromatic carbocycles. The molecule has 0 N–H and O–H groups in total. The van der Waals surface area contributed by atoms with Gasteiger partial charge >= 0.3 is 12.1 Å². The van der Waals surface area contributed by atoms with Gasteiger partial charge in [-0.05, 0) is 68.4 Å². The molecule has 6 nitrogen and oxygen atoms in total. The molecule has 1 saturated heterocycles. The normalized spacial score (nSPS) is 24.3. The molecule has 1 atom stereocenters. The maximum Gasteiger partial charge on any atom is 0.413 e. The topological polar surface area (TPSA) is 65.1 Å². The van der Waals surface area contributed by atoms with Gasteiger partial charge in [0.1, 0.15) is 16.9 Å². The van der Waals surface area contributed by atoms with E-state index in [2.05, 4.69) is 0 Å². The van der Waals surface area contributed by atoms with Crippen molar-refractivity contribution in [1.82, 2.24) is 4.90 Å². The molecule has 1 rings (SSSR count). The number of hydrogen-bond donors (Lipinski definition) is 0. The summed E-state index contributed by atoms with van der Waals surface area (Å²) in [5.74, 6) is -0.461. The minimum absolute atomic E-state index is 0.262. The molecule has 1 aliphatic heterocycles. The van der Waals surface area contributed by atoms with Gasteiger partial charge in [-0.2, -0.15) is 0 Å². The van der Waals surface area contributed by atoms with E-state index in [9.17, 15) is 9.59 Å². The summed E-state index contributed by atoms with van der Waals surface area (Å²) in [5.41, 5.74) is -2.83. The van der Waals surface area contributed by atoms with E-state index >= 15 is 0 Å². The molecular formula is C18H31NO5. The second-order valence-corrected chi connectivity index (χ2v) is 8.78. The van der Waals surface area contributed by atoms with Crippen LogP contribution in [0.3, 0.4) is 0 Å². The van der Waals surface area contributed by atoms with Crippen LogP contribution in [0.1, 0.15) is 62.3 Å². The summed E-state index contributed by atoms with van der Waals surface area (Å²) in [5, 5.41) is 0. The first-order valence-electron chi connectivity index (χ1n) is 8.15. The van der Waals surface area contributed by atoms with Crippen LogP contribution in [0.25, 0.3) is 0 Å². The fraction of sp³-hybridized carbons (Fsp3) is 0.778. The van der Waals surface area contributed by atoms with Crippen molar-refractivity contribution in [1.29, 1.82) is 0 Å². The molecule has 0 spiro atoms. The third-order valence-corrected chi connectivity index (χ3v) is 3.33. The van der Waals surface area contributed by atoms with Gasteiger partial charge in [-0.3, -0.25) is 4.90 Å². The van der Waals surface area contributed by atoms with Gasteiger partial charge in [0.05, 0.1) is 12.1 Å². The monoisotopic (exact) mass is 341 g/mol. The molecule has 1 aliphatic rings. The highest BCUT2D eigenvalue weighted by Crippen LogP contribution is 2.37. The quantitative estimate of drug-likeness (QED) is 0.567. The van der Waals surface area contributed by atoms with Crippen LogP contribution in [0.2, 0.25) is 0 Å². The van der Waals surface area contributed by atoms with Crippen LogP contribution in [0, 0.1) is 0 Å². The third kappa shape index (κ3) is 5.51. The predicted molar refractivity (Wildman–Crippen MR) is 91.5 cm³/mol. The van der Waals surface area contributed by atoms with Gasteiger partial charge in [-0.25, -0.2) is 9.59 Å². The van der Waals surface area contributed by atoms with Crippen LogP contribution >= 0.6 is 0 Å². The first-order valence-corrected chi connectivity index (χ1v) is 8.15. The van der Waals surface area contributed by atoms with Crippen LogP contribution in [0.5, 0.6) is 0 Å². The average molecular weight is 341 g/mol.